The van der Waals surface area contributed by atoms with Gasteiger partial charge >= 0.3 is 0 Å². The van der Waals surface area contributed by atoms with Crippen LogP contribution >= 0.6 is 0 Å². The number of anilines is 2. The van der Waals surface area contributed by atoms with Crippen LogP contribution in [0.2, 0.25) is 0 Å². The number of pyridine rings is 1. The molecule has 1 aromatic heterocycles. The van der Waals surface area contributed by atoms with Crippen LogP contribution in [0.5, 0.6) is 0 Å². The van der Waals surface area contributed by atoms with Crippen LogP contribution in [-0.4, -0.2) is 47.6 Å². The van der Waals surface area contributed by atoms with Crippen LogP contribution in [0.3, 0.4) is 0 Å². The molecule has 0 aliphatic carbocycles. The summed E-state index contributed by atoms with van der Waals surface area (Å²) in [5.41, 5.74) is 4.07. The van der Waals surface area contributed by atoms with Crippen LogP contribution in [0.15, 0.2) is 30.6 Å². The largest absolute Gasteiger partial charge is 0.351 e. The molecule has 0 spiro atoms. The molecular weight excluding hydrogens is 367 g/mol. The average molecular weight is 390 g/mol. The highest BCUT2D eigenvalue weighted by atomic mass is 19.1. The van der Waals surface area contributed by atoms with Gasteiger partial charge in [0.15, 0.2) is 6.29 Å². The number of carbonyl (C=O) groups is 2. The van der Waals surface area contributed by atoms with Gasteiger partial charge in [0, 0.05) is 25.4 Å². The van der Waals surface area contributed by atoms with E-state index in [1.54, 1.807) is 32.3 Å². The molecule has 9 heteroatoms. The molecule has 1 amide bonds. The van der Waals surface area contributed by atoms with Crippen molar-refractivity contribution in [3.05, 3.63) is 53.1 Å². The summed E-state index contributed by atoms with van der Waals surface area (Å²) in [6, 6.07) is 4.78. The molecule has 0 saturated heterocycles. The Labute approximate surface area is 162 Å². The van der Waals surface area contributed by atoms with Crippen molar-refractivity contribution < 1.29 is 24.0 Å². The summed E-state index contributed by atoms with van der Waals surface area (Å²) >= 11 is 0. The second kappa shape index (κ2) is 10.5. The van der Waals surface area contributed by atoms with Gasteiger partial charge in [-0.3, -0.25) is 24.6 Å². The molecule has 0 bridgehead atoms. The Morgan fingerprint density at radius 1 is 1.36 bits per heavy atom. The second-order valence-electron chi connectivity index (χ2n) is 6.21. The maximum Gasteiger partial charge on any atom is 0.245 e. The third kappa shape index (κ3) is 6.08. The highest BCUT2D eigenvalue weighted by Gasteiger charge is 2.12. The van der Waals surface area contributed by atoms with E-state index in [0.29, 0.717) is 36.1 Å². The van der Waals surface area contributed by atoms with Crippen LogP contribution < -0.4 is 10.8 Å². The molecule has 150 valence electrons. The zero-order valence-corrected chi connectivity index (χ0v) is 15.7. The maximum absolute atomic E-state index is 14.1. The summed E-state index contributed by atoms with van der Waals surface area (Å²) < 4.78 is 14.1. The first-order chi connectivity index (χ1) is 13.4. The number of rotatable bonds is 10. The number of carbonyl (C=O) groups excluding carboxylic acids is 2. The molecule has 8 nitrogen and oxygen atoms in total. The summed E-state index contributed by atoms with van der Waals surface area (Å²) in [5.74, 6) is -0.953. The molecule has 0 saturated carbocycles. The molecule has 2 rings (SSSR count). The molecule has 1 aromatic carbocycles. The lowest BCUT2D eigenvalue weighted by molar-refractivity contribution is -0.150. The van der Waals surface area contributed by atoms with E-state index < -0.39 is 11.7 Å². The lowest BCUT2D eigenvalue weighted by Crippen LogP contribution is -2.26. The van der Waals surface area contributed by atoms with Gasteiger partial charge in [0.05, 0.1) is 30.6 Å². The van der Waals surface area contributed by atoms with Crippen molar-refractivity contribution in [3.63, 3.8) is 0 Å². The molecule has 0 aliphatic heterocycles. The Morgan fingerprint density at radius 3 is 2.82 bits per heavy atom. The number of hydrogen-bond acceptors (Lipinski definition) is 7. The van der Waals surface area contributed by atoms with Gasteiger partial charge in [-0.05, 0) is 36.6 Å². The van der Waals surface area contributed by atoms with Crippen molar-refractivity contribution in [3.8, 4) is 0 Å². The molecule has 0 atom stereocenters. The molecule has 0 radical (unpaired) electrons. The molecule has 0 aliphatic rings. The van der Waals surface area contributed by atoms with Gasteiger partial charge in [-0.25, -0.2) is 9.87 Å². The van der Waals surface area contributed by atoms with E-state index in [4.69, 9.17) is 10.0 Å². The third-order valence-corrected chi connectivity index (χ3v) is 4.04. The molecule has 28 heavy (non-hydrogen) atoms. The number of nitrogens with zero attached hydrogens (tertiary/aromatic N) is 2. The van der Waals surface area contributed by atoms with E-state index in [1.807, 2.05) is 0 Å². The van der Waals surface area contributed by atoms with Crippen LogP contribution in [0.4, 0.5) is 15.8 Å². The molecule has 3 N–H and O–H groups in total. The number of benzene rings is 1. The van der Waals surface area contributed by atoms with Crippen LogP contribution in [0.25, 0.3) is 0 Å². The van der Waals surface area contributed by atoms with E-state index in [1.165, 1.54) is 22.8 Å². The van der Waals surface area contributed by atoms with E-state index in [-0.39, 0.29) is 18.7 Å². The van der Waals surface area contributed by atoms with E-state index in [9.17, 15) is 14.0 Å². The fraction of sp³-hybridized carbons (Fsp3) is 0.316. The third-order valence-electron chi connectivity index (χ3n) is 4.04. The van der Waals surface area contributed by atoms with Gasteiger partial charge in [0.1, 0.15) is 5.82 Å². The average Bonchev–Trinajstić information content (AvgIpc) is 2.68. The van der Waals surface area contributed by atoms with Crippen molar-refractivity contribution in [1.29, 1.82) is 0 Å². The number of amides is 1. The van der Waals surface area contributed by atoms with Gasteiger partial charge in [-0.2, -0.15) is 5.06 Å². The lowest BCUT2D eigenvalue weighted by atomic mass is 10.1. The normalized spacial score (nSPS) is 10.8. The predicted molar refractivity (Wildman–Crippen MR) is 101 cm³/mol. The zero-order valence-electron chi connectivity index (χ0n) is 15.7. The number of aldehydes is 1. The molecule has 1 heterocycles. The lowest BCUT2D eigenvalue weighted by Gasteiger charge is -2.17. The zero-order chi connectivity index (χ0) is 20.5. The summed E-state index contributed by atoms with van der Waals surface area (Å²) in [4.78, 5) is 32.1. The monoisotopic (exact) mass is 390 g/mol. The molecular formula is C19H23FN4O4. The van der Waals surface area contributed by atoms with E-state index in [0.717, 1.165) is 5.56 Å². The quantitative estimate of drug-likeness (QED) is 0.325. The number of aryl methyl sites for hydroxylation is 1. The van der Waals surface area contributed by atoms with Crippen molar-refractivity contribution in [2.45, 2.75) is 19.8 Å². The Kier molecular flexibility index (Phi) is 8.00. The highest BCUT2D eigenvalue weighted by molar-refractivity contribution is 5.87. The van der Waals surface area contributed by atoms with Crippen molar-refractivity contribution in [1.82, 2.24) is 15.5 Å². The van der Waals surface area contributed by atoms with Gasteiger partial charge in [0.2, 0.25) is 5.91 Å². The second-order valence-corrected chi connectivity index (χ2v) is 6.21. The molecule has 2 aromatic rings. The number of hydroxylamine groups is 3. The Bertz CT molecular complexity index is 832. The standard InChI is InChI=1S/C19H23FN4O4/c1-13-3-4-17(16(20)9-13)22-18-11-21-10-14(15(18)12-25)5-7-24(2)28-8-6-19(26)23-27/h3-4,9-12,22,27H,5-8H2,1-2H3,(H,23,26). The Hall–Kier alpha value is -2.88. The number of hydrogen-bond donors (Lipinski definition) is 3. The molecule has 0 fully saturated rings. The number of nitrogens with one attached hydrogen (secondary N) is 2. The SMILES string of the molecule is Cc1ccc(Nc2cncc(CCN(C)OCCC(=O)NO)c2C=O)c(F)c1. The minimum absolute atomic E-state index is 0.0174. The van der Waals surface area contributed by atoms with Crippen molar-refractivity contribution in [2.24, 2.45) is 0 Å². The van der Waals surface area contributed by atoms with Crippen molar-refractivity contribution >= 4 is 23.6 Å². The van der Waals surface area contributed by atoms with E-state index >= 15 is 0 Å². The van der Waals surface area contributed by atoms with Gasteiger partial charge < -0.3 is 5.32 Å². The van der Waals surface area contributed by atoms with Crippen LogP contribution in [0, 0.1) is 12.7 Å². The summed E-state index contributed by atoms with van der Waals surface area (Å²) in [7, 11) is 1.69. The Balaban J connectivity index is 2.02. The summed E-state index contributed by atoms with van der Waals surface area (Å²) in [6.07, 6.45) is 4.23. The van der Waals surface area contributed by atoms with Gasteiger partial charge in [0.25, 0.3) is 0 Å². The minimum Gasteiger partial charge on any atom is -0.351 e. The topological polar surface area (TPSA) is 104 Å². The predicted octanol–water partition coefficient (Wildman–Crippen LogP) is 2.39. The van der Waals surface area contributed by atoms with E-state index in [2.05, 4.69) is 10.3 Å². The summed E-state index contributed by atoms with van der Waals surface area (Å²) in [5, 5.41) is 12.9. The van der Waals surface area contributed by atoms with Gasteiger partial charge in [-0.15, -0.1) is 0 Å². The minimum atomic E-state index is -0.539. The number of likely N-dealkylation sites (N-methyl/N-ethyl adjacent to an activating group) is 1. The summed E-state index contributed by atoms with van der Waals surface area (Å²) in [6.45, 7) is 2.34. The highest BCUT2D eigenvalue weighted by Crippen LogP contribution is 2.24. The van der Waals surface area contributed by atoms with Crippen LogP contribution in [0.1, 0.15) is 27.9 Å². The first kappa shape index (κ1) is 21.4. The first-order valence-corrected chi connectivity index (χ1v) is 8.66. The van der Waals surface area contributed by atoms with Gasteiger partial charge in [-0.1, -0.05) is 6.07 Å². The van der Waals surface area contributed by atoms with Crippen LogP contribution in [-0.2, 0) is 16.1 Å². The smallest absolute Gasteiger partial charge is 0.245 e. The Morgan fingerprint density at radius 2 is 2.14 bits per heavy atom. The number of aromatic nitrogens is 1. The first-order valence-electron chi connectivity index (χ1n) is 8.66. The van der Waals surface area contributed by atoms with Crippen molar-refractivity contribution in [2.75, 3.05) is 25.5 Å². The molecule has 0 unspecified atom stereocenters. The number of halogens is 1. The fourth-order valence-corrected chi connectivity index (χ4v) is 2.51. The fourth-order valence-electron chi connectivity index (χ4n) is 2.51. The maximum atomic E-state index is 14.1.